The van der Waals surface area contributed by atoms with Crippen molar-refractivity contribution in [1.82, 2.24) is 5.32 Å². The number of carbonyl (C=O) groups is 1. The Morgan fingerprint density at radius 3 is 2.48 bits per heavy atom. The van der Waals surface area contributed by atoms with Gasteiger partial charge < -0.3 is 10.1 Å². The minimum atomic E-state index is -3.06. The highest BCUT2D eigenvalue weighted by Crippen LogP contribution is 2.29. The second kappa shape index (κ2) is 6.88. The monoisotopic (exact) mass is 359 g/mol. The van der Waals surface area contributed by atoms with Crippen LogP contribution in [0.3, 0.4) is 0 Å². The Morgan fingerprint density at radius 2 is 1.80 bits per heavy atom. The van der Waals surface area contributed by atoms with Gasteiger partial charge in [0.25, 0.3) is 5.91 Å². The first-order valence-corrected chi connectivity index (χ1v) is 9.98. The molecule has 5 nitrogen and oxygen atoms in total. The second-order valence-electron chi connectivity index (χ2n) is 6.60. The Labute approximate surface area is 147 Å². The topological polar surface area (TPSA) is 72.5 Å². The number of nitrogens with one attached hydrogen (secondary N) is 1. The van der Waals surface area contributed by atoms with E-state index in [1.165, 1.54) is 0 Å². The minimum absolute atomic E-state index is 0.0215. The van der Waals surface area contributed by atoms with Gasteiger partial charge in [-0.3, -0.25) is 4.79 Å². The fourth-order valence-electron chi connectivity index (χ4n) is 3.07. The fraction of sp³-hybridized carbons (Fsp3) is 0.316. The van der Waals surface area contributed by atoms with Crippen molar-refractivity contribution in [2.24, 2.45) is 0 Å². The van der Waals surface area contributed by atoms with Crippen LogP contribution in [0.5, 0.6) is 5.75 Å². The maximum atomic E-state index is 12.2. The Morgan fingerprint density at radius 1 is 1.12 bits per heavy atom. The lowest BCUT2D eigenvalue weighted by atomic mass is 10.0. The molecule has 0 bridgehead atoms. The minimum Gasteiger partial charge on any atom is -0.483 e. The lowest BCUT2D eigenvalue weighted by molar-refractivity contribution is -0.124. The number of amides is 1. The molecule has 1 amide bonds. The van der Waals surface area contributed by atoms with E-state index in [4.69, 9.17) is 4.74 Å². The molecule has 1 heterocycles. The number of para-hydroxylation sites is 1. The number of carbonyl (C=O) groups excluding carboxylic acids is 1. The van der Waals surface area contributed by atoms with E-state index in [-0.39, 0.29) is 24.0 Å². The van der Waals surface area contributed by atoms with Crippen LogP contribution < -0.4 is 10.1 Å². The quantitative estimate of drug-likeness (QED) is 0.890. The highest BCUT2D eigenvalue weighted by molar-refractivity contribution is 7.91. The lowest BCUT2D eigenvalue weighted by Gasteiger charge is -2.24. The van der Waals surface area contributed by atoms with Crippen LogP contribution in [0.4, 0.5) is 0 Å². The molecule has 1 saturated heterocycles. The predicted molar refractivity (Wildman–Crippen MR) is 97.2 cm³/mol. The van der Waals surface area contributed by atoms with Gasteiger partial charge in [0.2, 0.25) is 0 Å². The summed E-state index contributed by atoms with van der Waals surface area (Å²) >= 11 is 0. The summed E-state index contributed by atoms with van der Waals surface area (Å²) < 4.78 is 29.0. The summed E-state index contributed by atoms with van der Waals surface area (Å²) in [6.07, 6.45) is 0.432. The SMILES string of the molecule is C[C@@]1(NC(=O)COc2ccccc2-c2ccccc2)CCS(=O)(=O)C1. The Balaban J connectivity index is 1.66. The third kappa shape index (κ3) is 4.39. The number of ether oxygens (including phenoxy) is 1. The Hall–Kier alpha value is -2.34. The van der Waals surface area contributed by atoms with Gasteiger partial charge in [-0.1, -0.05) is 48.5 Å². The summed E-state index contributed by atoms with van der Waals surface area (Å²) in [6.45, 7) is 1.60. The first-order valence-electron chi connectivity index (χ1n) is 8.16. The van der Waals surface area contributed by atoms with Gasteiger partial charge in [0.05, 0.1) is 17.0 Å². The van der Waals surface area contributed by atoms with E-state index in [9.17, 15) is 13.2 Å². The van der Waals surface area contributed by atoms with Crippen LogP contribution in [0, 0.1) is 0 Å². The molecule has 1 atom stereocenters. The van der Waals surface area contributed by atoms with E-state index < -0.39 is 15.4 Å². The van der Waals surface area contributed by atoms with Crippen LogP contribution in [0.1, 0.15) is 13.3 Å². The molecule has 0 aliphatic carbocycles. The molecule has 2 aromatic carbocycles. The highest BCUT2D eigenvalue weighted by Gasteiger charge is 2.39. The summed E-state index contributed by atoms with van der Waals surface area (Å²) in [5, 5.41) is 2.80. The number of rotatable bonds is 5. The molecular weight excluding hydrogens is 338 g/mol. The van der Waals surface area contributed by atoms with E-state index in [2.05, 4.69) is 5.32 Å². The maximum Gasteiger partial charge on any atom is 0.258 e. The van der Waals surface area contributed by atoms with E-state index in [1.807, 2.05) is 54.6 Å². The number of hydrogen-bond acceptors (Lipinski definition) is 4. The Bertz CT molecular complexity index is 864. The molecule has 1 N–H and O–H groups in total. The van der Waals surface area contributed by atoms with Crippen molar-refractivity contribution in [2.75, 3.05) is 18.1 Å². The number of benzene rings is 2. The standard InChI is InChI=1S/C19H21NO4S/c1-19(11-12-25(22,23)14-19)20-18(21)13-24-17-10-6-5-9-16(17)15-7-3-2-4-8-15/h2-10H,11-14H2,1H3,(H,20,21)/t19-/m1/s1. The van der Waals surface area contributed by atoms with E-state index in [0.717, 1.165) is 11.1 Å². The molecule has 3 rings (SSSR count). The van der Waals surface area contributed by atoms with Gasteiger partial charge in [0.15, 0.2) is 16.4 Å². The van der Waals surface area contributed by atoms with Crippen LogP contribution in [0.25, 0.3) is 11.1 Å². The summed E-state index contributed by atoms with van der Waals surface area (Å²) in [5.41, 5.74) is 1.20. The van der Waals surface area contributed by atoms with Crippen molar-refractivity contribution >= 4 is 15.7 Å². The number of hydrogen-bond donors (Lipinski definition) is 1. The lowest BCUT2D eigenvalue weighted by Crippen LogP contribution is -2.48. The van der Waals surface area contributed by atoms with Crippen LogP contribution in [0.2, 0.25) is 0 Å². The highest BCUT2D eigenvalue weighted by atomic mass is 32.2. The molecule has 0 unspecified atom stereocenters. The third-order valence-corrected chi connectivity index (χ3v) is 6.18. The normalized spacial score (nSPS) is 21.6. The zero-order valence-electron chi connectivity index (χ0n) is 14.1. The molecule has 6 heteroatoms. The van der Waals surface area contributed by atoms with Gasteiger partial charge in [-0.25, -0.2) is 8.42 Å². The molecule has 132 valence electrons. The van der Waals surface area contributed by atoms with Gasteiger partial charge in [-0.15, -0.1) is 0 Å². The predicted octanol–water partition coefficient (Wildman–Crippen LogP) is 2.43. The second-order valence-corrected chi connectivity index (χ2v) is 8.79. The van der Waals surface area contributed by atoms with Crippen LogP contribution >= 0.6 is 0 Å². The van der Waals surface area contributed by atoms with Gasteiger partial charge in [0.1, 0.15) is 5.75 Å². The average Bonchev–Trinajstić information content (AvgIpc) is 2.87. The zero-order valence-corrected chi connectivity index (χ0v) is 14.9. The summed E-state index contributed by atoms with van der Waals surface area (Å²) in [5.74, 6) is 0.392. The molecule has 25 heavy (non-hydrogen) atoms. The van der Waals surface area contributed by atoms with E-state index in [0.29, 0.717) is 12.2 Å². The van der Waals surface area contributed by atoms with Crippen LogP contribution in [0.15, 0.2) is 54.6 Å². The largest absolute Gasteiger partial charge is 0.483 e. The van der Waals surface area contributed by atoms with Gasteiger partial charge in [-0.05, 0) is 25.0 Å². The molecule has 0 saturated carbocycles. The molecule has 0 spiro atoms. The molecule has 2 aromatic rings. The van der Waals surface area contributed by atoms with E-state index in [1.54, 1.807) is 6.92 Å². The van der Waals surface area contributed by atoms with Crippen LogP contribution in [-0.4, -0.2) is 38.0 Å². The average molecular weight is 359 g/mol. The van der Waals surface area contributed by atoms with Crippen molar-refractivity contribution in [1.29, 1.82) is 0 Å². The first-order chi connectivity index (χ1) is 11.9. The van der Waals surface area contributed by atoms with Crippen molar-refractivity contribution in [2.45, 2.75) is 18.9 Å². The molecule has 1 fully saturated rings. The van der Waals surface area contributed by atoms with Gasteiger partial charge in [-0.2, -0.15) is 0 Å². The third-order valence-electron chi connectivity index (χ3n) is 4.28. The van der Waals surface area contributed by atoms with Crippen LogP contribution in [-0.2, 0) is 14.6 Å². The smallest absolute Gasteiger partial charge is 0.258 e. The van der Waals surface area contributed by atoms with Gasteiger partial charge >= 0.3 is 0 Å². The van der Waals surface area contributed by atoms with Crippen molar-refractivity contribution < 1.29 is 17.9 Å². The van der Waals surface area contributed by atoms with Crippen molar-refractivity contribution in [3.8, 4) is 16.9 Å². The fourth-order valence-corrected chi connectivity index (χ4v) is 5.17. The molecule has 0 radical (unpaired) electrons. The summed E-state index contributed by atoms with van der Waals surface area (Å²) in [4.78, 5) is 12.2. The summed E-state index contributed by atoms with van der Waals surface area (Å²) in [7, 11) is -3.06. The maximum absolute atomic E-state index is 12.2. The Kier molecular flexibility index (Phi) is 4.81. The van der Waals surface area contributed by atoms with Crippen molar-refractivity contribution in [3.05, 3.63) is 54.6 Å². The molecule has 1 aliphatic rings. The van der Waals surface area contributed by atoms with Gasteiger partial charge in [0, 0.05) is 5.56 Å². The molecule has 0 aromatic heterocycles. The summed E-state index contributed by atoms with van der Waals surface area (Å²) in [6, 6.07) is 17.3. The zero-order chi connectivity index (χ0) is 17.9. The first kappa shape index (κ1) is 17.5. The van der Waals surface area contributed by atoms with Crippen molar-refractivity contribution in [3.63, 3.8) is 0 Å². The van der Waals surface area contributed by atoms with E-state index >= 15 is 0 Å². The molecular formula is C19H21NO4S. The molecule has 1 aliphatic heterocycles. The number of sulfone groups is 1.